The second kappa shape index (κ2) is 7.52. The lowest BCUT2D eigenvalue weighted by Crippen LogP contribution is -2.44. The molecule has 1 aliphatic rings. The number of hydrogen-bond acceptors (Lipinski definition) is 6. The Kier molecular flexibility index (Phi) is 5.48. The number of alkyl halides is 1. The van der Waals surface area contributed by atoms with Crippen molar-refractivity contribution in [2.24, 2.45) is 0 Å². The molecule has 27 heavy (non-hydrogen) atoms. The van der Waals surface area contributed by atoms with Crippen LogP contribution in [0.4, 0.5) is 0 Å². The van der Waals surface area contributed by atoms with E-state index in [-0.39, 0.29) is 0 Å². The van der Waals surface area contributed by atoms with Crippen molar-refractivity contribution in [1.29, 1.82) is 0 Å². The maximum Gasteiger partial charge on any atom is 0.339 e. The quantitative estimate of drug-likeness (QED) is 0.465. The van der Waals surface area contributed by atoms with Gasteiger partial charge in [-0.3, -0.25) is 4.79 Å². The number of esters is 2. The summed E-state index contributed by atoms with van der Waals surface area (Å²) in [5, 5.41) is 0. The van der Waals surface area contributed by atoms with Gasteiger partial charge in [-0.1, -0.05) is 40.2 Å². The summed E-state index contributed by atoms with van der Waals surface area (Å²) in [6, 6.07) is 10.1. The minimum atomic E-state index is -1.42. The predicted molar refractivity (Wildman–Crippen MR) is 104 cm³/mol. The highest BCUT2D eigenvalue weighted by Crippen LogP contribution is 2.53. The van der Waals surface area contributed by atoms with E-state index in [1.165, 1.54) is 21.3 Å². The Bertz CT molecular complexity index is 913. The van der Waals surface area contributed by atoms with Crippen LogP contribution >= 0.6 is 31.9 Å². The number of halogens is 2. The van der Waals surface area contributed by atoms with Crippen molar-refractivity contribution in [3.05, 3.63) is 57.6 Å². The number of cyclic esters (lactones) is 1. The maximum atomic E-state index is 12.8. The number of benzene rings is 2. The van der Waals surface area contributed by atoms with Crippen LogP contribution in [-0.2, 0) is 18.6 Å². The molecule has 0 aromatic heterocycles. The summed E-state index contributed by atoms with van der Waals surface area (Å²) >= 11 is 7.00. The molecule has 3 rings (SSSR count). The van der Waals surface area contributed by atoms with Crippen LogP contribution in [0, 0.1) is 0 Å². The number of rotatable bonds is 4. The molecule has 2 atom stereocenters. The monoisotopic (exact) mass is 498 g/mol. The summed E-state index contributed by atoms with van der Waals surface area (Å²) in [6.45, 7) is 0. The first-order valence-electron chi connectivity index (χ1n) is 7.88. The molecule has 0 bridgehead atoms. The SMILES string of the molecule is COC(=O)[C@]1(Br)c2ccccc2C(=O)O[C@@H]1c1ccc(OC)c(OC)c1Br. The number of fused-ring (bicyclic) bond motifs is 1. The third-order valence-electron chi connectivity index (χ3n) is 4.40. The summed E-state index contributed by atoms with van der Waals surface area (Å²) in [6.07, 6.45) is -0.999. The molecule has 1 heterocycles. The van der Waals surface area contributed by atoms with Crippen LogP contribution in [0.1, 0.15) is 27.6 Å². The van der Waals surface area contributed by atoms with Crippen LogP contribution < -0.4 is 9.47 Å². The second-order valence-corrected chi connectivity index (χ2v) is 7.78. The minimum Gasteiger partial charge on any atom is -0.493 e. The molecule has 0 amide bonds. The Morgan fingerprint density at radius 3 is 2.44 bits per heavy atom. The smallest absolute Gasteiger partial charge is 0.339 e. The van der Waals surface area contributed by atoms with E-state index in [1.54, 1.807) is 36.4 Å². The van der Waals surface area contributed by atoms with Gasteiger partial charge in [-0.2, -0.15) is 0 Å². The normalized spacial score (nSPS) is 21.1. The van der Waals surface area contributed by atoms with E-state index in [2.05, 4.69) is 31.9 Å². The van der Waals surface area contributed by atoms with Crippen LogP contribution in [0.25, 0.3) is 0 Å². The fourth-order valence-corrected chi connectivity index (χ4v) is 4.67. The van der Waals surface area contributed by atoms with Crippen LogP contribution in [0.2, 0.25) is 0 Å². The van der Waals surface area contributed by atoms with E-state index in [0.717, 1.165) is 0 Å². The lowest BCUT2D eigenvalue weighted by Gasteiger charge is -2.38. The zero-order valence-corrected chi connectivity index (χ0v) is 17.9. The number of ether oxygens (including phenoxy) is 4. The fraction of sp³-hybridized carbons (Fsp3) is 0.263. The van der Waals surface area contributed by atoms with E-state index < -0.39 is 22.4 Å². The Labute approximate surface area is 173 Å². The first kappa shape index (κ1) is 19.7. The van der Waals surface area contributed by atoms with E-state index in [0.29, 0.717) is 32.7 Å². The first-order chi connectivity index (χ1) is 12.9. The standard InChI is InChI=1S/C19H16Br2O6/c1-24-13-9-8-11(14(20)15(13)25-2)16-19(21,18(23)26-3)12-7-5-4-6-10(12)17(22)27-16/h4-9,16H,1-3H3/t16-,19+/m1/s1. The topological polar surface area (TPSA) is 71.1 Å². The molecule has 0 unspecified atom stereocenters. The molecule has 0 fully saturated rings. The molecular weight excluding hydrogens is 484 g/mol. The van der Waals surface area contributed by atoms with Crippen molar-refractivity contribution in [1.82, 2.24) is 0 Å². The largest absolute Gasteiger partial charge is 0.493 e. The lowest BCUT2D eigenvalue weighted by atomic mass is 9.83. The zero-order valence-electron chi connectivity index (χ0n) is 14.7. The molecule has 0 spiro atoms. The zero-order chi connectivity index (χ0) is 19.8. The Morgan fingerprint density at radius 1 is 1.11 bits per heavy atom. The Morgan fingerprint density at radius 2 is 1.81 bits per heavy atom. The molecule has 0 saturated heterocycles. The third kappa shape index (κ3) is 3.00. The van der Waals surface area contributed by atoms with Crippen LogP contribution in [0.3, 0.4) is 0 Å². The van der Waals surface area contributed by atoms with Crippen molar-refractivity contribution >= 4 is 43.8 Å². The van der Waals surface area contributed by atoms with Crippen molar-refractivity contribution in [2.75, 3.05) is 21.3 Å². The highest BCUT2D eigenvalue weighted by molar-refractivity contribution is 9.10. The van der Waals surface area contributed by atoms with Crippen LogP contribution in [0.15, 0.2) is 40.9 Å². The van der Waals surface area contributed by atoms with E-state index >= 15 is 0 Å². The molecule has 2 aromatic rings. The average molecular weight is 500 g/mol. The van der Waals surface area contributed by atoms with Gasteiger partial charge in [0.15, 0.2) is 21.9 Å². The summed E-state index contributed by atoms with van der Waals surface area (Å²) in [5.41, 5.74) is 1.30. The van der Waals surface area contributed by atoms with E-state index in [4.69, 9.17) is 18.9 Å². The van der Waals surface area contributed by atoms with Gasteiger partial charge < -0.3 is 18.9 Å². The van der Waals surface area contributed by atoms with E-state index in [9.17, 15) is 9.59 Å². The summed E-state index contributed by atoms with van der Waals surface area (Å²) in [4.78, 5) is 25.4. The van der Waals surface area contributed by atoms with Crippen LogP contribution in [-0.4, -0.2) is 33.3 Å². The summed E-state index contributed by atoms with van der Waals surface area (Å²) in [5.74, 6) is -0.205. The number of methoxy groups -OCH3 is 3. The number of hydrogen-bond donors (Lipinski definition) is 0. The second-order valence-electron chi connectivity index (χ2n) is 5.74. The van der Waals surface area contributed by atoms with Crippen molar-refractivity contribution < 1.29 is 28.5 Å². The molecule has 0 aliphatic carbocycles. The molecule has 1 aliphatic heterocycles. The van der Waals surface area contributed by atoms with Crippen molar-refractivity contribution in [3.8, 4) is 11.5 Å². The number of carbonyl (C=O) groups excluding carboxylic acids is 2. The molecule has 0 N–H and O–H groups in total. The van der Waals surface area contributed by atoms with Gasteiger partial charge in [-0.25, -0.2) is 4.79 Å². The van der Waals surface area contributed by atoms with Gasteiger partial charge in [-0.15, -0.1) is 0 Å². The highest BCUT2D eigenvalue weighted by Gasteiger charge is 2.55. The van der Waals surface area contributed by atoms with Gasteiger partial charge in [0.05, 0.1) is 31.4 Å². The van der Waals surface area contributed by atoms with E-state index in [1.807, 2.05) is 0 Å². The van der Waals surface area contributed by atoms with Gasteiger partial charge in [0.1, 0.15) is 0 Å². The molecule has 2 aromatic carbocycles. The van der Waals surface area contributed by atoms with Gasteiger partial charge in [0.2, 0.25) is 0 Å². The third-order valence-corrected chi connectivity index (χ3v) is 6.39. The van der Waals surface area contributed by atoms with Gasteiger partial charge in [0.25, 0.3) is 0 Å². The van der Waals surface area contributed by atoms with Crippen molar-refractivity contribution in [2.45, 2.75) is 10.4 Å². The average Bonchev–Trinajstić information content (AvgIpc) is 2.70. The fourth-order valence-electron chi connectivity index (χ4n) is 3.12. The van der Waals surface area contributed by atoms with Crippen LogP contribution in [0.5, 0.6) is 11.5 Å². The minimum absolute atomic E-state index is 0.299. The Hall–Kier alpha value is -2.06. The highest BCUT2D eigenvalue weighted by atomic mass is 79.9. The molecule has 6 nitrogen and oxygen atoms in total. The first-order valence-corrected chi connectivity index (χ1v) is 9.46. The predicted octanol–water partition coefficient (Wildman–Crippen LogP) is 4.14. The Balaban J connectivity index is 2.27. The number of carbonyl (C=O) groups is 2. The van der Waals surface area contributed by atoms with Gasteiger partial charge in [-0.05, 0) is 33.6 Å². The lowest BCUT2D eigenvalue weighted by molar-refractivity contribution is -0.147. The van der Waals surface area contributed by atoms with Gasteiger partial charge >= 0.3 is 11.9 Å². The molecule has 0 radical (unpaired) electrons. The molecule has 142 valence electrons. The van der Waals surface area contributed by atoms with Gasteiger partial charge in [0, 0.05) is 5.56 Å². The summed E-state index contributed by atoms with van der Waals surface area (Å²) < 4.78 is 20.5. The maximum absolute atomic E-state index is 12.8. The molecule has 8 heteroatoms. The molecular formula is C19H16Br2O6. The van der Waals surface area contributed by atoms with Crippen molar-refractivity contribution in [3.63, 3.8) is 0 Å². The summed E-state index contributed by atoms with van der Waals surface area (Å²) in [7, 11) is 4.30. The molecule has 0 saturated carbocycles.